The number of carbonyl (C=O) groups is 1. The monoisotopic (exact) mass is 569 g/mol. The van der Waals surface area contributed by atoms with Crippen LogP contribution in [0.25, 0.3) is 16.5 Å². The number of halogens is 2. The summed E-state index contributed by atoms with van der Waals surface area (Å²) in [7, 11) is 0. The summed E-state index contributed by atoms with van der Waals surface area (Å²) in [6.07, 6.45) is 3.87. The molecule has 3 aromatic carbocycles. The lowest BCUT2D eigenvalue weighted by molar-refractivity contribution is -0.116. The Labute approximate surface area is 241 Å². The summed E-state index contributed by atoms with van der Waals surface area (Å²) in [4.78, 5) is 19.8. The second kappa shape index (κ2) is 11.1. The molecular weight excluding hydrogens is 545 g/mol. The summed E-state index contributed by atoms with van der Waals surface area (Å²) in [5.41, 5.74) is 3.22. The fourth-order valence-corrected chi connectivity index (χ4v) is 5.75. The highest BCUT2D eigenvalue weighted by Crippen LogP contribution is 2.40. The minimum atomic E-state index is -0.479. The Morgan fingerprint density at radius 1 is 1.02 bits per heavy atom. The van der Waals surface area contributed by atoms with E-state index >= 15 is 0 Å². The molecule has 200 valence electrons. The van der Waals surface area contributed by atoms with Crippen molar-refractivity contribution >= 4 is 51.3 Å². The lowest BCUT2D eigenvalue weighted by Crippen LogP contribution is -2.33. The van der Waals surface area contributed by atoms with E-state index in [1.165, 1.54) is 6.07 Å². The number of rotatable bonds is 7. The predicted molar refractivity (Wildman–Crippen MR) is 160 cm³/mol. The van der Waals surface area contributed by atoms with Crippen LogP contribution >= 0.6 is 23.8 Å². The van der Waals surface area contributed by atoms with Crippen LogP contribution < -0.4 is 10.6 Å². The molecule has 6 rings (SSSR count). The molecule has 1 amide bonds. The molecule has 9 heteroatoms. The highest BCUT2D eigenvalue weighted by atomic mass is 35.5. The number of anilines is 1. The number of fused-ring (bicyclic) bond motifs is 1. The van der Waals surface area contributed by atoms with Gasteiger partial charge in [-0.3, -0.25) is 9.78 Å². The van der Waals surface area contributed by atoms with E-state index < -0.39 is 5.82 Å². The van der Waals surface area contributed by atoms with Gasteiger partial charge in [-0.2, -0.15) is 0 Å². The largest absolute Gasteiger partial charge is 0.352 e. The van der Waals surface area contributed by atoms with Crippen molar-refractivity contribution in [1.29, 1.82) is 0 Å². The molecule has 0 spiro atoms. The molecule has 2 N–H and O–H groups in total. The van der Waals surface area contributed by atoms with E-state index in [0.29, 0.717) is 11.7 Å². The molecule has 0 aliphatic carbocycles. The highest BCUT2D eigenvalue weighted by Gasteiger charge is 2.41. The van der Waals surface area contributed by atoms with Gasteiger partial charge in [-0.25, -0.2) is 4.39 Å². The van der Waals surface area contributed by atoms with Gasteiger partial charge in [-0.1, -0.05) is 54.1 Å². The predicted octanol–water partition coefficient (Wildman–Crippen LogP) is 6.82. The summed E-state index contributed by atoms with van der Waals surface area (Å²) < 4.78 is 15.9. The molecule has 1 fully saturated rings. The van der Waals surface area contributed by atoms with Crippen molar-refractivity contribution in [1.82, 2.24) is 19.8 Å². The van der Waals surface area contributed by atoms with Crippen molar-refractivity contribution in [3.8, 4) is 5.69 Å². The fourth-order valence-electron chi connectivity index (χ4n) is 5.24. The first-order valence-corrected chi connectivity index (χ1v) is 13.7. The van der Waals surface area contributed by atoms with Gasteiger partial charge in [0.1, 0.15) is 5.82 Å². The summed E-state index contributed by atoms with van der Waals surface area (Å²) in [5.74, 6) is -0.590. The Hall–Kier alpha value is -4.27. The van der Waals surface area contributed by atoms with Crippen molar-refractivity contribution in [3.05, 3.63) is 126 Å². The first kappa shape index (κ1) is 26.0. The van der Waals surface area contributed by atoms with Crippen LogP contribution in [0.3, 0.4) is 0 Å². The minimum absolute atomic E-state index is 0.0421. The number of hydrogen-bond donors (Lipinski definition) is 2. The normalized spacial score (nSPS) is 16.8. The van der Waals surface area contributed by atoms with Gasteiger partial charge in [0.2, 0.25) is 5.91 Å². The van der Waals surface area contributed by atoms with Crippen molar-refractivity contribution in [2.45, 2.75) is 18.5 Å². The Morgan fingerprint density at radius 3 is 2.67 bits per heavy atom. The fraction of sp³-hybridized carbons (Fsp3) is 0.129. The summed E-state index contributed by atoms with van der Waals surface area (Å²) in [5, 5.41) is 9.11. The first-order chi connectivity index (χ1) is 19.5. The van der Waals surface area contributed by atoms with Gasteiger partial charge in [0.25, 0.3) is 0 Å². The Balaban J connectivity index is 1.30. The second-order valence-electron chi connectivity index (χ2n) is 9.55. The minimum Gasteiger partial charge on any atom is -0.352 e. The molecular formula is C31H25ClFN5OS. The third kappa shape index (κ3) is 5.03. The van der Waals surface area contributed by atoms with E-state index in [9.17, 15) is 9.18 Å². The third-order valence-electron chi connectivity index (χ3n) is 7.11. The van der Waals surface area contributed by atoms with Gasteiger partial charge in [-0.05, 0) is 66.1 Å². The van der Waals surface area contributed by atoms with Crippen LogP contribution in [-0.2, 0) is 4.79 Å². The van der Waals surface area contributed by atoms with Gasteiger partial charge in [0.15, 0.2) is 5.11 Å². The SMILES string of the molecule is O=C(CCN1C(=S)N[C@@H](c2ccccn2)[C@@H]1c1cccn1-c1ccc(F)c(Cl)c1)Nc1cccc2ccccc12. The van der Waals surface area contributed by atoms with E-state index in [1.54, 1.807) is 18.3 Å². The van der Waals surface area contributed by atoms with Crippen molar-refractivity contribution in [2.75, 3.05) is 11.9 Å². The molecule has 1 aliphatic heterocycles. The smallest absolute Gasteiger partial charge is 0.226 e. The van der Waals surface area contributed by atoms with E-state index in [2.05, 4.69) is 15.6 Å². The number of thiocarbonyl (C=S) groups is 1. The zero-order valence-electron chi connectivity index (χ0n) is 21.3. The quantitative estimate of drug-likeness (QED) is 0.211. The Kier molecular flexibility index (Phi) is 7.19. The number of hydrogen-bond acceptors (Lipinski definition) is 3. The average molecular weight is 570 g/mol. The maximum absolute atomic E-state index is 13.9. The third-order valence-corrected chi connectivity index (χ3v) is 7.75. The molecule has 3 heterocycles. The van der Waals surface area contributed by atoms with Gasteiger partial charge in [0, 0.05) is 47.8 Å². The summed E-state index contributed by atoms with van der Waals surface area (Å²) in [6, 6.07) is 27.6. The van der Waals surface area contributed by atoms with Crippen LogP contribution in [-0.4, -0.2) is 32.0 Å². The van der Waals surface area contributed by atoms with Crippen molar-refractivity contribution in [2.24, 2.45) is 0 Å². The van der Waals surface area contributed by atoms with E-state index in [0.717, 1.165) is 33.5 Å². The van der Waals surface area contributed by atoms with E-state index in [-0.39, 0.29) is 29.4 Å². The number of benzene rings is 3. The van der Waals surface area contributed by atoms with Crippen LogP contribution in [0.2, 0.25) is 5.02 Å². The molecule has 0 radical (unpaired) electrons. The standard InChI is InChI=1S/C31H25ClFN5OS/c32-23-19-21(13-14-24(23)33)37-17-6-12-27(37)30-29(26-10-3-4-16-34-26)36-31(40)38(30)18-15-28(39)35-25-11-5-8-20-7-1-2-9-22(20)25/h1-14,16-17,19,29-30H,15,18H2,(H,35,39)(H,36,40)/t29-,30-/m0/s1. The lowest BCUT2D eigenvalue weighted by atomic mass is 10.0. The van der Waals surface area contributed by atoms with Crippen LogP contribution in [0, 0.1) is 5.82 Å². The first-order valence-electron chi connectivity index (χ1n) is 12.9. The Morgan fingerprint density at radius 2 is 1.85 bits per heavy atom. The second-order valence-corrected chi connectivity index (χ2v) is 10.3. The van der Waals surface area contributed by atoms with Crippen LogP contribution in [0.1, 0.15) is 29.9 Å². The molecule has 1 saturated heterocycles. The van der Waals surface area contributed by atoms with Gasteiger partial charge in [0.05, 0.1) is 22.8 Å². The molecule has 40 heavy (non-hydrogen) atoms. The maximum Gasteiger partial charge on any atom is 0.226 e. The van der Waals surface area contributed by atoms with Gasteiger partial charge in [-0.15, -0.1) is 0 Å². The summed E-state index contributed by atoms with van der Waals surface area (Å²) >= 11 is 11.9. The van der Waals surface area contributed by atoms with Crippen molar-refractivity contribution in [3.63, 3.8) is 0 Å². The highest BCUT2D eigenvalue weighted by molar-refractivity contribution is 7.80. The molecule has 1 aliphatic rings. The topological polar surface area (TPSA) is 62.2 Å². The molecule has 2 aromatic heterocycles. The summed E-state index contributed by atoms with van der Waals surface area (Å²) in [6.45, 7) is 0.381. The van der Waals surface area contributed by atoms with Crippen LogP contribution in [0.4, 0.5) is 10.1 Å². The van der Waals surface area contributed by atoms with Crippen LogP contribution in [0.15, 0.2) is 103 Å². The number of aromatic nitrogens is 2. The zero-order valence-corrected chi connectivity index (χ0v) is 22.9. The van der Waals surface area contributed by atoms with Crippen molar-refractivity contribution < 1.29 is 9.18 Å². The zero-order chi connectivity index (χ0) is 27.6. The lowest BCUT2D eigenvalue weighted by Gasteiger charge is -2.29. The number of carbonyl (C=O) groups excluding carboxylic acids is 1. The van der Waals surface area contributed by atoms with E-state index in [4.69, 9.17) is 23.8 Å². The molecule has 0 saturated carbocycles. The van der Waals surface area contributed by atoms with E-state index in [1.807, 2.05) is 88.5 Å². The van der Waals surface area contributed by atoms with Gasteiger partial charge >= 0.3 is 0 Å². The Bertz CT molecular complexity index is 1700. The number of nitrogens with one attached hydrogen (secondary N) is 2. The van der Waals surface area contributed by atoms with Gasteiger partial charge < -0.3 is 20.1 Å². The number of pyridine rings is 1. The molecule has 2 atom stereocenters. The number of nitrogens with zero attached hydrogens (tertiary/aromatic N) is 3. The molecule has 0 unspecified atom stereocenters. The number of amides is 1. The molecule has 0 bridgehead atoms. The molecule has 5 aromatic rings. The molecule has 6 nitrogen and oxygen atoms in total. The maximum atomic E-state index is 13.9. The average Bonchev–Trinajstić information content (AvgIpc) is 3.58. The van der Waals surface area contributed by atoms with Crippen LogP contribution in [0.5, 0.6) is 0 Å².